The molecule has 0 aliphatic carbocycles. The highest BCUT2D eigenvalue weighted by molar-refractivity contribution is 14.2. The van der Waals surface area contributed by atoms with Gasteiger partial charge < -0.3 is 4.57 Å². The zero-order chi connectivity index (χ0) is 20.1. The van der Waals surface area contributed by atoms with Crippen LogP contribution in [0.2, 0.25) is 0 Å². The number of pyridine rings is 1. The van der Waals surface area contributed by atoms with Gasteiger partial charge in [0.2, 0.25) is 0 Å². The molecule has 0 radical (unpaired) electrons. The van der Waals surface area contributed by atoms with Crippen molar-refractivity contribution in [1.29, 1.82) is 0 Å². The highest BCUT2D eigenvalue weighted by Gasteiger charge is 2.21. The van der Waals surface area contributed by atoms with Crippen molar-refractivity contribution >= 4 is 56.0 Å². The fraction of sp³-hybridized carbons (Fsp3) is 0.190. The molecule has 0 saturated heterocycles. The van der Waals surface area contributed by atoms with Crippen LogP contribution in [0.3, 0.4) is 0 Å². The van der Waals surface area contributed by atoms with E-state index in [1.807, 2.05) is 26.0 Å². The Hall–Kier alpha value is -1.75. The Kier molecular flexibility index (Phi) is 5.07. The van der Waals surface area contributed by atoms with Gasteiger partial charge in [-0.1, -0.05) is 63.4 Å². The van der Waals surface area contributed by atoms with E-state index in [0.29, 0.717) is 11.2 Å². The molecule has 0 fully saturated rings. The summed E-state index contributed by atoms with van der Waals surface area (Å²) in [5, 5.41) is 5.91. The monoisotopic (exact) mass is 596 g/mol. The summed E-state index contributed by atoms with van der Waals surface area (Å²) in [6.07, 6.45) is 3.42. The first kappa shape index (κ1) is 19.6. The number of alkyl halides is 2. The first-order chi connectivity index (χ1) is 13.3. The second-order valence-electron chi connectivity index (χ2n) is 6.78. The van der Waals surface area contributed by atoms with Gasteiger partial charge in [-0.15, -0.1) is 0 Å². The molecular formula is C21H18I2N4O. The number of nitrogens with zero attached hydrogens (tertiary/aromatic N) is 4. The van der Waals surface area contributed by atoms with Crippen LogP contribution < -0.4 is 5.56 Å². The average Bonchev–Trinajstić information content (AvgIpc) is 2.93. The van der Waals surface area contributed by atoms with Crippen molar-refractivity contribution in [1.82, 2.24) is 19.3 Å². The van der Waals surface area contributed by atoms with E-state index in [1.54, 1.807) is 18.5 Å². The highest BCUT2D eigenvalue weighted by Crippen LogP contribution is 2.39. The van der Waals surface area contributed by atoms with Crippen LogP contribution in [-0.4, -0.2) is 19.3 Å². The predicted molar refractivity (Wildman–Crippen MR) is 129 cm³/mol. The zero-order valence-corrected chi connectivity index (χ0v) is 20.0. The minimum Gasteiger partial charge on any atom is -0.317 e. The van der Waals surface area contributed by atoms with E-state index < -0.39 is 0 Å². The fourth-order valence-corrected chi connectivity index (χ4v) is 4.18. The summed E-state index contributed by atoms with van der Waals surface area (Å²) in [4.78, 5) is 17.5. The van der Waals surface area contributed by atoms with Crippen LogP contribution in [-0.2, 0) is 1.43 Å². The molecule has 142 valence electrons. The quantitative estimate of drug-likeness (QED) is 0.241. The summed E-state index contributed by atoms with van der Waals surface area (Å²) in [5.74, 6) is 0.520. The molecule has 0 amide bonds. The van der Waals surface area contributed by atoms with Crippen LogP contribution in [0.25, 0.3) is 22.3 Å². The van der Waals surface area contributed by atoms with Crippen LogP contribution >= 0.6 is 45.2 Å². The molecule has 7 heteroatoms. The second kappa shape index (κ2) is 7.25. The first-order valence-corrected chi connectivity index (χ1v) is 10.9. The van der Waals surface area contributed by atoms with Crippen molar-refractivity contribution in [2.75, 3.05) is 0 Å². The minimum atomic E-state index is -0.153. The number of aromatic nitrogens is 4. The SMILES string of the molecule is Cc1c2cnn(-c3ccccn3)c(=O)c2c(C)n1-c1cccc(C(C)(I)I)c1. The Morgan fingerprint density at radius 3 is 2.50 bits per heavy atom. The third-order valence-electron chi connectivity index (χ3n) is 4.88. The Labute approximate surface area is 190 Å². The summed E-state index contributed by atoms with van der Waals surface area (Å²) in [6.45, 7) is 6.19. The number of hydrogen-bond donors (Lipinski definition) is 0. The lowest BCUT2D eigenvalue weighted by atomic mass is 10.1. The van der Waals surface area contributed by atoms with E-state index in [2.05, 4.69) is 91.0 Å². The van der Waals surface area contributed by atoms with E-state index in [4.69, 9.17) is 0 Å². The van der Waals surface area contributed by atoms with Gasteiger partial charge in [0.05, 0.1) is 13.0 Å². The van der Waals surface area contributed by atoms with Crippen LogP contribution in [0.5, 0.6) is 0 Å². The lowest BCUT2D eigenvalue weighted by Gasteiger charge is -2.17. The maximum Gasteiger partial charge on any atom is 0.282 e. The maximum atomic E-state index is 13.2. The maximum absolute atomic E-state index is 13.2. The molecule has 0 bridgehead atoms. The first-order valence-electron chi connectivity index (χ1n) is 8.79. The minimum absolute atomic E-state index is 0.00678. The summed E-state index contributed by atoms with van der Waals surface area (Å²) in [6, 6.07) is 13.9. The number of halogens is 2. The van der Waals surface area contributed by atoms with Gasteiger partial charge in [-0.05, 0) is 50.6 Å². The lowest BCUT2D eigenvalue weighted by Crippen LogP contribution is -2.21. The van der Waals surface area contributed by atoms with Crippen LogP contribution in [0.1, 0.15) is 23.9 Å². The topological polar surface area (TPSA) is 52.7 Å². The number of fused-ring (bicyclic) bond motifs is 1. The number of hydrogen-bond acceptors (Lipinski definition) is 3. The molecule has 5 nitrogen and oxygen atoms in total. The normalized spacial score (nSPS) is 11.9. The Balaban J connectivity index is 1.98. The predicted octanol–water partition coefficient (Wildman–Crippen LogP) is 5.23. The molecule has 28 heavy (non-hydrogen) atoms. The van der Waals surface area contributed by atoms with Crippen molar-refractivity contribution in [3.8, 4) is 11.5 Å². The molecule has 0 unspecified atom stereocenters. The third-order valence-corrected chi connectivity index (χ3v) is 6.12. The van der Waals surface area contributed by atoms with Crippen LogP contribution in [0.15, 0.2) is 59.7 Å². The molecule has 0 N–H and O–H groups in total. The average molecular weight is 596 g/mol. The Morgan fingerprint density at radius 2 is 1.82 bits per heavy atom. The van der Waals surface area contributed by atoms with Gasteiger partial charge in [0, 0.05) is 28.7 Å². The van der Waals surface area contributed by atoms with Crippen molar-refractivity contribution in [2.45, 2.75) is 22.2 Å². The van der Waals surface area contributed by atoms with Gasteiger partial charge in [0.1, 0.15) is 0 Å². The molecule has 0 aliphatic rings. The molecule has 4 rings (SSSR count). The van der Waals surface area contributed by atoms with Gasteiger partial charge in [-0.3, -0.25) is 4.79 Å². The van der Waals surface area contributed by atoms with Crippen LogP contribution in [0, 0.1) is 13.8 Å². The molecule has 3 aromatic heterocycles. The van der Waals surface area contributed by atoms with Crippen molar-refractivity contribution in [3.63, 3.8) is 0 Å². The number of benzene rings is 1. The summed E-state index contributed by atoms with van der Waals surface area (Å²) < 4.78 is 3.49. The molecular weight excluding hydrogens is 578 g/mol. The number of aryl methyl sites for hydroxylation is 2. The van der Waals surface area contributed by atoms with Gasteiger partial charge in [-0.2, -0.15) is 9.78 Å². The van der Waals surface area contributed by atoms with E-state index in [-0.39, 0.29) is 6.99 Å². The van der Waals surface area contributed by atoms with Crippen molar-refractivity contribution in [2.24, 2.45) is 0 Å². The summed E-state index contributed by atoms with van der Waals surface area (Å²) >= 11 is 4.87. The van der Waals surface area contributed by atoms with Gasteiger partial charge in [0.15, 0.2) is 5.82 Å². The van der Waals surface area contributed by atoms with Crippen LogP contribution in [0.4, 0.5) is 0 Å². The highest BCUT2D eigenvalue weighted by atomic mass is 127. The lowest BCUT2D eigenvalue weighted by molar-refractivity contribution is 0.794. The largest absolute Gasteiger partial charge is 0.317 e. The number of rotatable bonds is 3. The van der Waals surface area contributed by atoms with Crippen molar-refractivity contribution < 1.29 is 0 Å². The molecule has 0 saturated carbocycles. The molecule has 4 aromatic rings. The van der Waals surface area contributed by atoms with Gasteiger partial charge in [-0.25, -0.2) is 4.98 Å². The Bertz CT molecular complexity index is 1240. The second-order valence-corrected chi connectivity index (χ2v) is 13.2. The molecule has 1 aromatic carbocycles. The zero-order valence-electron chi connectivity index (χ0n) is 15.6. The Morgan fingerprint density at radius 1 is 1.04 bits per heavy atom. The molecule has 0 spiro atoms. The summed E-state index contributed by atoms with van der Waals surface area (Å²) in [7, 11) is 0. The molecule has 0 atom stereocenters. The van der Waals surface area contributed by atoms with E-state index in [0.717, 1.165) is 22.5 Å². The smallest absolute Gasteiger partial charge is 0.282 e. The summed E-state index contributed by atoms with van der Waals surface area (Å²) in [5.41, 5.74) is 4.04. The molecule has 0 aliphatic heterocycles. The van der Waals surface area contributed by atoms with E-state index >= 15 is 0 Å². The fourth-order valence-electron chi connectivity index (χ4n) is 3.51. The standard InChI is InChI=1S/C21H18I2N4O/c1-13-17-12-25-27(18-9-4-5-10-24-18)20(28)19(17)14(2)26(13)16-8-6-7-15(11-16)21(3,22)23/h4-12H,1-3H3. The van der Waals surface area contributed by atoms with Crippen molar-refractivity contribution in [3.05, 3.63) is 82.2 Å². The molecule has 3 heterocycles. The van der Waals surface area contributed by atoms with E-state index in [9.17, 15) is 4.79 Å². The van der Waals surface area contributed by atoms with Gasteiger partial charge in [0.25, 0.3) is 5.56 Å². The van der Waals surface area contributed by atoms with Gasteiger partial charge >= 0.3 is 0 Å². The third kappa shape index (κ3) is 3.28. The van der Waals surface area contributed by atoms with E-state index in [1.165, 1.54) is 10.2 Å².